The van der Waals surface area contributed by atoms with E-state index in [0.717, 1.165) is 12.0 Å². The smallest absolute Gasteiger partial charge is 0.225 e. The predicted octanol–water partition coefficient (Wildman–Crippen LogP) is 1.65. The number of carbonyl (C=O) groups excluding carboxylic acids is 1. The summed E-state index contributed by atoms with van der Waals surface area (Å²) in [6, 6.07) is 8.20. The summed E-state index contributed by atoms with van der Waals surface area (Å²) in [6.45, 7) is 3.94. The number of hydrogen-bond acceptors (Lipinski definition) is 2. The Kier molecular flexibility index (Phi) is 3.57. The Labute approximate surface area is 95.8 Å². The Balaban J connectivity index is 1.82. The first-order valence-corrected chi connectivity index (χ1v) is 5.67. The Bertz CT molecular complexity index is 353. The van der Waals surface area contributed by atoms with Crippen LogP contribution in [0.5, 0.6) is 0 Å². The minimum Gasteiger partial charge on any atom is -0.381 e. The van der Waals surface area contributed by atoms with Gasteiger partial charge in [0.1, 0.15) is 0 Å². The molecular weight excluding hydrogens is 202 g/mol. The summed E-state index contributed by atoms with van der Waals surface area (Å²) in [4.78, 5) is 11.7. The van der Waals surface area contributed by atoms with Crippen molar-refractivity contribution in [1.82, 2.24) is 5.32 Å². The standard InChI is InChI=1S/C13H17NO2/c1-10-2-4-11(5-3-10)8-14-13(15)12-6-7-16-9-12/h2-5,12H,6-9H2,1H3,(H,14,15). The van der Waals surface area contributed by atoms with Crippen LogP contribution in [0.2, 0.25) is 0 Å². The third kappa shape index (κ3) is 2.83. The van der Waals surface area contributed by atoms with Gasteiger partial charge in [0.15, 0.2) is 0 Å². The van der Waals surface area contributed by atoms with Crippen molar-refractivity contribution in [2.24, 2.45) is 5.92 Å². The Hall–Kier alpha value is -1.35. The summed E-state index contributed by atoms with van der Waals surface area (Å²) in [5.41, 5.74) is 2.37. The molecule has 1 fully saturated rings. The van der Waals surface area contributed by atoms with Crippen LogP contribution >= 0.6 is 0 Å². The molecule has 1 saturated heterocycles. The van der Waals surface area contributed by atoms with Crippen molar-refractivity contribution in [2.75, 3.05) is 13.2 Å². The lowest BCUT2D eigenvalue weighted by atomic mass is 10.1. The maximum Gasteiger partial charge on any atom is 0.225 e. The van der Waals surface area contributed by atoms with Crippen molar-refractivity contribution in [3.63, 3.8) is 0 Å². The SMILES string of the molecule is Cc1ccc(CNC(=O)C2CCOC2)cc1. The van der Waals surface area contributed by atoms with E-state index in [1.807, 2.05) is 12.1 Å². The van der Waals surface area contributed by atoms with Crippen LogP contribution in [-0.4, -0.2) is 19.1 Å². The Morgan fingerprint density at radius 1 is 1.44 bits per heavy atom. The third-order valence-corrected chi connectivity index (χ3v) is 2.89. The monoisotopic (exact) mass is 219 g/mol. The summed E-state index contributed by atoms with van der Waals surface area (Å²) in [7, 11) is 0. The molecule has 1 aliphatic rings. The number of hydrogen-bond donors (Lipinski definition) is 1. The van der Waals surface area contributed by atoms with Gasteiger partial charge in [0.2, 0.25) is 5.91 Å². The van der Waals surface area contributed by atoms with Gasteiger partial charge in [-0.3, -0.25) is 4.79 Å². The van der Waals surface area contributed by atoms with Crippen molar-refractivity contribution in [2.45, 2.75) is 19.9 Å². The lowest BCUT2D eigenvalue weighted by molar-refractivity contribution is -0.125. The van der Waals surface area contributed by atoms with Gasteiger partial charge in [-0.05, 0) is 18.9 Å². The van der Waals surface area contributed by atoms with Crippen LogP contribution in [0.25, 0.3) is 0 Å². The number of nitrogens with one attached hydrogen (secondary N) is 1. The second-order valence-electron chi connectivity index (χ2n) is 4.26. The summed E-state index contributed by atoms with van der Waals surface area (Å²) < 4.78 is 5.19. The first kappa shape index (κ1) is 11.1. The number of carbonyl (C=O) groups is 1. The lowest BCUT2D eigenvalue weighted by Gasteiger charge is -2.09. The molecule has 0 bridgehead atoms. The van der Waals surface area contributed by atoms with E-state index >= 15 is 0 Å². The molecule has 0 aliphatic carbocycles. The van der Waals surface area contributed by atoms with E-state index in [9.17, 15) is 4.79 Å². The second kappa shape index (κ2) is 5.12. The first-order chi connectivity index (χ1) is 7.75. The van der Waals surface area contributed by atoms with Crippen molar-refractivity contribution in [3.05, 3.63) is 35.4 Å². The highest BCUT2D eigenvalue weighted by Crippen LogP contribution is 2.12. The van der Waals surface area contributed by atoms with Crippen LogP contribution in [0, 0.1) is 12.8 Å². The van der Waals surface area contributed by atoms with Gasteiger partial charge in [-0.2, -0.15) is 0 Å². The van der Waals surface area contributed by atoms with E-state index in [2.05, 4.69) is 24.4 Å². The number of benzene rings is 1. The van der Waals surface area contributed by atoms with Gasteiger partial charge in [-0.15, -0.1) is 0 Å². The van der Waals surface area contributed by atoms with Crippen molar-refractivity contribution in [3.8, 4) is 0 Å². The lowest BCUT2D eigenvalue weighted by Crippen LogP contribution is -2.30. The molecule has 16 heavy (non-hydrogen) atoms. The van der Waals surface area contributed by atoms with Crippen molar-refractivity contribution in [1.29, 1.82) is 0 Å². The van der Waals surface area contributed by atoms with Crippen LogP contribution in [0.1, 0.15) is 17.5 Å². The fraction of sp³-hybridized carbons (Fsp3) is 0.462. The molecule has 1 aliphatic heterocycles. The molecule has 3 nitrogen and oxygen atoms in total. The molecule has 0 saturated carbocycles. The maximum atomic E-state index is 11.7. The summed E-state index contributed by atoms with van der Waals surface area (Å²) in [5.74, 6) is 0.156. The first-order valence-electron chi connectivity index (χ1n) is 5.67. The van der Waals surface area contributed by atoms with E-state index < -0.39 is 0 Å². The maximum absolute atomic E-state index is 11.7. The number of rotatable bonds is 3. The molecule has 86 valence electrons. The molecule has 0 spiro atoms. The number of amides is 1. The molecule has 1 unspecified atom stereocenters. The molecule has 2 rings (SSSR count). The van der Waals surface area contributed by atoms with Crippen LogP contribution < -0.4 is 5.32 Å². The predicted molar refractivity (Wildman–Crippen MR) is 62.0 cm³/mol. The van der Waals surface area contributed by atoms with Crippen LogP contribution in [0.4, 0.5) is 0 Å². The molecular formula is C13H17NO2. The Morgan fingerprint density at radius 2 is 2.19 bits per heavy atom. The van der Waals surface area contributed by atoms with Gasteiger partial charge in [0.25, 0.3) is 0 Å². The molecule has 0 radical (unpaired) electrons. The molecule has 1 atom stereocenters. The zero-order chi connectivity index (χ0) is 11.4. The molecule has 3 heteroatoms. The average molecular weight is 219 g/mol. The van der Waals surface area contributed by atoms with Gasteiger partial charge in [-0.25, -0.2) is 0 Å². The van der Waals surface area contributed by atoms with Crippen molar-refractivity contribution >= 4 is 5.91 Å². The highest BCUT2D eigenvalue weighted by atomic mass is 16.5. The van der Waals surface area contributed by atoms with Crippen LogP contribution in [-0.2, 0) is 16.1 Å². The van der Waals surface area contributed by atoms with E-state index in [4.69, 9.17) is 4.74 Å². The van der Waals surface area contributed by atoms with E-state index in [-0.39, 0.29) is 11.8 Å². The summed E-state index contributed by atoms with van der Waals surface area (Å²) >= 11 is 0. The fourth-order valence-corrected chi connectivity index (χ4v) is 1.78. The topological polar surface area (TPSA) is 38.3 Å². The number of aryl methyl sites for hydroxylation is 1. The quantitative estimate of drug-likeness (QED) is 0.839. The third-order valence-electron chi connectivity index (χ3n) is 2.89. The van der Waals surface area contributed by atoms with Crippen LogP contribution in [0.15, 0.2) is 24.3 Å². The highest BCUT2D eigenvalue weighted by molar-refractivity contribution is 5.78. The van der Waals surface area contributed by atoms with Gasteiger partial charge in [0.05, 0.1) is 12.5 Å². The fourth-order valence-electron chi connectivity index (χ4n) is 1.78. The van der Waals surface area contributed by atoms with Gasteiger partial charge >= 0.3 is 0 Å². The molecule has 1 aromatic rings. The molecule has 1 aromatic carbocycles. The highest BCUT2D eigenvalue weighted by Gasteiger charge is 2.22. The molecule has 0 aromatic heterocycles. The van der Waals surface area contributed by atoms with Gasteiger partial charge in [-0.1, -0.05) is 29.8 Å². The zero-order valence-corrected chi connectivity index (χ0v) is 9.53. The Morgan fingerprint density at radius 3 is 2.81 bits per heavy atom. The molecule has 1 heterocycles. The average Bonchev–Trinajstić information content (AvgIpc) is 2.81. The summed E-state index contributed by atoms with van der Waals surface area (Å²) in [5, 5.41) is 2.94. The summed E-state index contributed by atoms with van der Waals surface area (Å²) in [6.07, 6.45) is 0.847. The van der Waals surface area contributed by atoms with E-state index in [0.29, 0.717) is 19.8 Å². The molecule has 1 amide bonds. The van der Waals surface area contributed by atoms with Gasteiger partial charge < -0.3 is 10.1 Å². The zero-order valence-electron chi connectivity index (χ0n) is 9.53. The number of ether oxygens (including phenoxy) is 1. The van der Waals surface area contributed by atoms with Crippen LogP contribution in [0.3, 0.4) is 0 Å². The minimum atomic E-state index is 0.0467. The van der Waals surface area contributed by atoms with Crippen molar-refractivity contribution < 1.29 is 9.53 Å². The normalized spacial score (nSPS) is 19.7. The second-order valence-corrected chi connectivity index (χ2v) is 4.26. The minimum absolute atomic E-state index is 0.0467. The van der Waals surface area contributed by atoms with E-state index in [1.165, 1.54) is 5.56 Å². The van der Waals surface area contributed by atoms with Gasteiger partial charge in [0, 0.05) is 13.2 Å². The van der Waals surface area contributed by atoms with E-state index in [1.54, 1.807) is 0 Å². The largest absolute Gasteiger partial charge is 0.381 e. The molecule has 1 N–H and O–H groups in total.